The van der Waals surface area contributed by atoms with Crippen molar-refractivity contribution in [2.24, 2.45) is 0 Å². The van der Waals surface area contributed by atoms with Crippen molar-refractivity contribution in [2.45, 2.75) is 6.42 Å². The topological polar surface area (TPSA) is 92.8 Å². The zero-order valence-corrected chi connectivity index (χ0v) is 15.3. The van der Waals surface area contributed by atoms with E-state index in [4.69, 9.17) is 16.3 Å². The molecule has 0 aliphatic carbocycles. The number of methoxy groups -OCH3 is 1. The molecule has 0 spiro atoms. The summed E-state index contributed by atoms with van der Waals surface area (Å²) in [6.45, 7) is 0. The first kappa shape index (κ1) is 18.2. The summed E-state index contributed by atoms with van der Waals surface area (Å²) < 4.78 is 29.9. The molecule has 2 aromatic rings. The van der Waals surface area contributed by atoms with Gasteiger partial charge in [0.2, 0.25) is 15.9 Å². The molecule has 1 aliphatic rings. The Morgan fingerprint density at radius 2 is 1.96 bits per heavy atom. The Kier molecular flexibility index (Phi) is 4.88. The number of ether oxygens (including phenoxy) is 1. The molecule has 0 atom stereocenters. The van der Waals surface area contributed by atoms with Gasteiger partial charge in [0.25, 0.3) is 5.91 Å². The summed E-state index contributed by atoms with van der Waals surface area (Å²) in [7, 11) is -2.20. The highest BCUT2D eigenvalue weighted by atomic mass is 35.5. The maximum atomic E-state index is 12.5. The van der Waals surface area contributed by atoms with Crippen LogP contribution in [0.3, 0.4) is 0 Å². The number of anilines is 2. The first-order valence-corrected chi connectivity index (χ1v) is 9.62. The second-order valence-electron chi connectivity index (χ2n) is 5.54. The van der Waals surface area contributed by atoms with E-state index in [-0.39, 0.29) is 28.4 Å². The Morgan fingerprint density at radius 3 is 2.58 bits per heavy atom. The third-order valence-corrected chi connectivity index (χ3v) is 5.87. The molecule has 26 heavy (non-hydrogen) atoms. The van der Waals surface area contributed by atoms with Crippen molar-refractivity contribution in [3.05, 3.63) is 53.1 Å². The van der Waals surface area contributed by atoms with E-state index in [9.17, 15) is 18.0 Å². The van der Waals surface area contributed by atoms with E-state index in [0.717, 1.165) is 4.31 Å². The molecule has 7 nitrogen and oxygen atoms in total. The summed E-state index contributed by atoms with van der Waals surface area (Å²) in [5, 5.41) is 2.72. The molecule has 1 aliphatic heterocycles. The van der Waals surface area contributed by atoms with E-state index >= 15 is 0 Å². The smallest absolute Gasteiger partial charge is 0.257 e. The number of carbonyl (C=O) groups excluding carboxylic acids is 2. The first-order valence-electron chi connectivity index (χ1n) is 7.63. The normalized spacial score (nSPS) is 15.8. The Hall–Kier alpha value is -2.58. The number of carbonyl (C=O) groups is 2. The van der Waals surface area contributed by atoms with Gasteiger partial charge in [0.1, 0.15) is 5.75 Å². The monoisotopic (exact) mass is 394 g/mol. The van der Waals surface area contributed by atoms with Crippen molar-refractivity contribution in [1.29, 1.82) is 0 Å². The van der Waals surface area contributed by atoms with Gasteiger partial charge in [0, 0.05) is 6.42 Å². The van der Waals surface area contributed by atoms with Crippen LogP contribution in [0.1, 0.15) is 16.8 Å². The van der Waals surface area contributed by atoms with Crippen molar-refractivity contribution in [3.8, 4) is 5.75 Å². The van der Waals surface area contributed by atoms with Crippen LogP contribution in [0, 0.1) is 0 Å². The average molecular weight is 395 g/mol. The van der Waals surface area contributed by atoms with Gasteiger partial charge in [-0.3, -0.25) is 9.59 Å². The summed E-state index contributed by atoms with van der Waals surface area (Å²) >= 11 is 6.16. The molecule has 1 heterocycles. The fraction of sp³-hybridized carbons (Fsp3) is 0.176. The molecule has 1 saturated heterocycles. The lowest BCUT2D eigenvalue weighted by molar-refractivity contribution is -0.116. The lowest BCUT2D eigenvalue weighted by atomic mass is 10.1. The Balaban J connectivity index is 1.88. The largest absolute Gasteiger partial charge is 0.495 e. The van der Waals surface area contributed by atoms with Crippen LogP contribution in [0.4, 0.5) is 11.4 Å². The number of para-hydroxylation sites is 2. The fourth-order valence-electron chi connectivity index (χ4n) is 2.62. The van der Waals surface area contributed by atoms with Crippen LogP contribution in [-0.2, 0) is 14.8 Å². The molecular weight excluding hydrogens is 380 g/mol. The van der Waals surface area contributed by atoms with Gasteiger partial charge in [-0.05, 0) is 30.3 Å². The number of sulfonamides is 1. The molecule has 0 aromatic heterocycles. The van der Waals surface area contributed by atoms with E-state index in [1.807, 2.05) is 0 Å². The molecule has 3 rings (SSSR count). The van der Waals surface area contributed by atoms with Gasteiger partial charge in [0.15, 0.2) is 0 Å². The maximum Gasteiger partial charge on any atom is 0.257 e. The molecule has 0 bridgehead atoms. The SMILES string of the molecule is COc1ccccc1NC(=O)c1ccc(N2C(=O)CCS2(=O)=O)cc1Cl. The number of hydrogen-bond donors (Lipinski definition) is 1. The zero-order chi connectivity index (χ0) is 18.9. The Labute approximate surface area is 155 Å². The lowest BCUT2D eigenvalue weighted by Gasteiger charge is -2.16. The molecule has 9 heteroatoms. The molecule has 136 valence electrons. The molecular formula is C17H15ClN2O5S. The van der Waals surface area contributed by atoms with E-state index in [1.165, 1.54) is 25.3 Å². The average Bonchev–Trinajstić information content (AvgIpc) is 2.88. The van der Waals surface area contributed by atoms with Crippen LogP contribution in [0.15, 0.2) is 42.5 Å². The maximum absolute atomic E-state index is 12.5. The van der Waals surface area contributed by atoms with Gasteiger partial charge in [-0.1, -0.05) is 23.7 Å². The van der Waals surface area contributed by atoms with Crippen LogP contribution in [0.5, 0.6) is 5.75 Å². The minimum atomic E-state index is -3.69. The highest BCUT2D eigenvalue weighted by Gasteiger charge is 2.36. The lowest BCUT2D eigenvalue weighted by Crippen LogP contribution is -2.29. The van der Waals surface area contributed by atoms with E-state index in [0.29, 0.717) is 11.4 Å². The quantitative estimate of drug-likeness (QED) is 0.860. The third kappa shape index (κ3) is 3.38. The van der Waals surface area contributed by atoms with Crippen LogP contribution in [0.25, 0.3) is 0 Å². The van der Waals surface area contributed by atoms with E-state index in [1.54, 1.807) is 24.3 Å². The summed E-state index contributed by atoms with van der Waals surface area (Å²) in [5.41, 5.74) is 0.731. The highest BCUT2D eigenvalue weighted by molar-refractivity contribution is 7.94. The Bertz CT molecular complexity index is 990. The number of halogens is 1. The molecule has 1 N–H and O–H groups in total. The van der Waals surface area contributed by atoms with Crippen LogP contribution in [-0.4, -0.2) is 33.1 Å². The first-order chi connectivity index (χ1) is 12.3. The zero-order valence-electron chi connectivity index (χ0n) is 13.7. The molecule has 0 saturated carbocycles. The second kappa shape index (κ2) is 6.97. The van der Waals surface area contributed by atoms with Gasteiger partial charge >= 0.3 is 0 Å². The van der Waals surface area contributed by atoms with Crippen LogP contribution in [0.2, 0.25) is 5.02 Å². The van der Waals surface area contributed by atoms with Gasteiger partial charge in [0.05, 0.1) is 34.8 Å². The third-order valence-electron chi connectivity index (χ3n) is 3.87. The van der Waals surface area contributed by atoms with Gasteiger partial charge < -0.3 is 10.1 Å². The van der Waals surface area contributed by atoms with Crippen molar-refractivity contribution in [3.63, 3.8) is 0 Å². The number of nitrogens with zero attached hydrogens (tertiary/aromatic N) is 1. The van der Waals surface area contributed by atoms with Crippen molar-refractivity contribution in [1.82, 2.24) is 0 Å². The van der Waals surface area contributed by atoms with Crippen molar-refractivity contribution < 1.29 is 22.7 Å². The summed E-state index contributed by atoms with van der Waals surface area (Å²) in [6, 6.07) is 10.9. The van der Waals surface area contributed by atoms with Gasteiger partial charge in [-0.2, -0.15) is 0 Å². The molecule has 0 unspecified atom stereocenters. The summed E-state index contributed by atoms with van der Waals surface area (Å²) in [4.78, 5) is 24.3. The summed E-state index contributed by atoms with van der Waals surface area (Å²) in [5.74, 6) is -0.754. The minimum absolute atomic E-state index is 0.0322. The van der Waals surface area contributed by atoms with Crippen LogP contribution >= 0.6 is 11.6 Å². The standard InChI is InChI=1S/C17H15ClN2O5S/c1-25-15-5-3-2-4-14(15)19-17(22)12-7-6-11(10-13(12)18)20-16(21)8-9-26(20,23)24/h2-7,10H,8-9H2,1H3,(H,19,22). The highest BCUT2D eigenvalue weighted by Crippen LogP contribution is 2.30. The predicted octanol–water partition coefficient (Wildman–Crippen LogP) is 2.67. The van der Waals surface area contributed by atoms with Crippen molar-refractivity contribution in [2.75, 3.05) is 22.5 Å². The molecule has 1 fully saturated rings. The Morgan fingerprint density at radius 1 is 1.23 bits per heavy atom. The number of benzene rings is 2. The van der Waals surface area contributed by atoms with Gasteiger partial charge in [-0.15, -0.1) is 0 Å². The van der Waals surface area contributed by atoms with E-state index in [2.05, 4.69) is 5.32 Å². The number of hydrogen-bond acceptors (Lipinski definition) is 5. The molecule has 0 radical (unpaired) electrons. The predicted molar refractivity (Wildman–Crippen MR) is 98.3 cm³/mol. The number of rotatable bonds is 4. The van der Waals surface area contributed by atoms with Crippen LogP contribution < -0.4 is 14.4 Å². The van der Waals surface area contributed by atoms with Gasteiger partial charge in [-0.25, -0.2) is 12.7 Å². The minimum Gasteiger partial charge on any atom is -0.495 e. The van der Waals surface area contributed by atoms with Crippen molar-refractivity contribution >= 4 is 44.8 Å². The molecule has 2 aromatic carbocycles. The van der Waals surface area contributed by atoms with E-state index < -0.39 is 21.8 Å². The fourth-order valence-corrected chi connectivity index (χ4v) is 4.33. The number of nitrogens with one attached hydrogen (secondary N) is 1. The number of amides is 2. The second-order valence-corrected chi connectivity index (χ2v) is 7.89. The molecule has 2 amide bonds. The summed E-state index contributed by atoms with van der Waals surface area (Å²) in [6.07, 6.45) is -0.0734.